The lowest BCUT2D eigenvalue weighted by molar-refractivity contribution is 0.0529. The average molecular weight is 287 g/mol. The molecule has 88 valence electrons. The molecule has 1 N–H and O–H groups in total. The van der Waals surface area contributed by atoms with Gasteiger partial charge >= 0.3 is 0 Å². The molecule has 2 heterocycles. The maximum absolute atomic E-state index is 5.51. The van der Waals surface area contributed by atoms with E-state index in [9.17, 15) is 0 Å². The molecular weight excluding hydrogens is 272 g/mol. The van der Waals surface area contributed by atoms with Crippen molar-refractivity contribution in [2.75, 3.05) is 37.0 Å². The van der Waals surface area contributed by atoms with Crippen LogP contribution in [0, 0.1) is 0 Å². The smallest absolute Gasteiger partial charge is 0.148 e. The highest BCUT2D eigenvalue weighted by Crippen LogP contribution is 2.29. The summed E-state index contributed by atoms with van der Waals surface area (Å²) in [7, 11) is 1.85. The fourth-order valence-corrected chi connectivity index (χ4v) is 2.42. The first kappa shape index (κ1) is 11.6. The third-order valence-corrected chi connectivity index (χ3v) is 3.28. The summed E-state index contributed by atoms with van der Waals surface area (Å²) in [5, 5.41) is 3.03. The lowest BCUT2D eigenvalue weighted by Gasteiger charge is -2.32. The zero-order valence-electron chi connectivity index (χ0n) is 9.40. The SMILES string of the molecule is CNc1ncnc(N2CCOC(C)C2)c1Br. The van der Waals surface area contributed by atoms with Crippen LogP contribution in [0.5, 0.6) is 0 Å². The van der Waals surface area contributed by atoms with Gasteiger partial charge in [-0.1, -0.05) is 0 Å². The van der Waals surface area contributed by atoms with Gasteiger partial charge in [-0.2, -0.15) is 0 Å². The second-order valence-corrected chi connectivity index (χ2v) is 4.53. The first-order valence-corrected chi connectivity index (χ1v) is 6.06. The summed E-state index contributed by atoms with van der Waals surface area (Å²) in [5.41, 5.74) is 0. The van der Waals surface area contributed by atoms with Gasteiger partial charge in [0.1, 0.15) is 22.4 Å². The number of morpholine rings is 1. The van der Waals surface area contributed by atoms with Gasteiger partial charge in [-0.3, -0.25) is 0 Å². The number of aromatic nitrogens is 2. The summed E-state index contributed by atoms with van der Waals surface area (Å²) in [5.74, 6) is 1.73. The van der Waals surface area contributed by atoms with Crippen LogP contribution in [0.4, 0.5) is 11.6 Å². The van der Waals surface area contributed by atoms with Crippen molar-refractivity contribution in [3.63, 3.8) is 0 Å². The molecule has 0 spiro atoms. The predicted molar refractivity (Wildman–Crippen MR) is 66.9 cm³/mol. The van der Waals surface area contributed by atoms with Crippen molar-refractivity contribution in [3.8, 4) is 0 Å². The standard InChI is InChI=1S/C10H15BrN4O/c1-7-5-15(3-4-16-7)10-8(11)9(12-2)13-6-14-10/h6-7H,3-5H2,1-2H3,(H,12,13,14). The molecule has 5 nitrogen and oxygen atoms in total. The Morgan fingerprint density at radius 2 is 2.38 bits per heavy atom. The Morgan fingerprint density at radius 1 is 1.56 bits per heavy atom. The third-order valence-electron chi connectivity index (χ3n) is 2.55. The van der Waals surface area contributed by atoms with E-state index in [4.69, 9.17) is 4.74 Å². The van der Waals surface area contributed by atoms with Crippen LogP contribution >= 0.6 is 15.9 Å². The van der Waals surface area contributed by atoms with Crippen molar-refractivity contribution in [1.29, 1.82) is 0 Å². The Kier molecular flexibility index (Phi) is 3.60. The normalized spacial score (nSPS) is 20.9. The quantitative estimate of drug-likeness (QED) is 0.893. The van der Waals surface area contributed by atoms with E-state index in [0.717, 1.165) is 35.8 Å². The second kappa shape index (κ2) is 4.97. The summed E-state index contributed by atoms with van der Waals surface area (Å²) in [6, 6.07) is 0. The minimum atomic E-state index is 0.244. The highest BCUT2D eigenvalue weighted by molar-refractivity contribution is 9.10. The average Bonchev–Trinajstić information content (AvgIpc) is 2.29. The number of nitrogens with zero attached hydrogens (tertiary/aromatic N) is 3. The first-order valence-electron chi connectivity index (χ1n) is 5.27. The van der Waals surface area contributed by atoms with Crippen LogP contribution in [0.1, 0.15) is 6.92 Å². The van der Waals surface area contributed by atoms with Crippen LogP contribution in [0.25, 0.3) is 0 Å². The van der Waals surface area contributed by atoms with Crippen molar-refractivity contribution in [3.05, 3.63) is 10.8 Å². The Morgan fingerprint density at radius 3 is 3.06 bits per heavy atom. The molecule has 0 radical (unpaired) electrons. The highest BCUT2D eigenvalue weighted by Gasteiger charge is 2.21. The van der Waals surface area contributed by atoms with Gasteiger partial charge in [-0.05, 0) is 22.9 Å². The summed E-state index contributed by atoms with van der Waals surface area (Å²) in [4.78, 5) is 10.7. The third kappa shape index (κ3) is 2.27. The highest BCUT2D eigenvalue weighted by atomic mass is 79.9. The zero-order valence-corrected chi connectivity index (χ0v) is 11.0. The van der Waals surface area contributed by atoms with Crippen LogP contribution in [0.3, 0.4) is 0 Å². The molecule has 1 aromatic heterocycles. The van der Waals surface area contributed by atoms with Gasteiger partial charge in [0.05, 0.1) is 12.7 Å². The molecule has 0 amide bonds. The van der Waals surface area contributed by atoms with E-state index >= 15 is 0 Å². The second-order valence-electron chi connectivity index (χ2n) is 3.74. The van der Waals surface area contributed by atoms with Crippen molar-refractivity contribution < 1.29 is 4.74 Å². The number of hydrogen-bond donors (Lipinski definition) is 1. The van der Waals surface area contributed by atoms with Gasteiger partial charge in [-0.25, -0.2) is 9.97 Å². The lowest BCUT2D eigenvalue weighted by atomic mass is 10.3. The molecule has 0 aliphatic carbocycles. The van der Waals surface area contributed by atoms with Crippen LogP contribution in [0.15, 0.2) is 10.8 Å². The molecule has 0 aromatic carbocycles. The van der Waals surface area contributed by atoms with E-state index in [1.807, 2.05) is 7.05 Å². The molecule has 1 saturated heterocycles. The number of rotatable bonds is 2. The molecule has 1 aliphatic heterocycles. The van der Waals surface area contributed by atoms with E-state index in [1.165, 1.54) is 0 Å². The van der Waals surface area contributed by atoms with Crippen LogP contribution in [-0.4, -0.2) is 42.8 Å². The van der Waals surface area contributed by atoms with Gasteiger partial charge in [0.25, 0.3) is 0 Å². The van der Waals surface area contributed by atoms with Gasteiger partial charge in [0, 0.05) is 20.1 Å². The predicted octanol–water partition coefficient (Wildman–Crippen LogP) is 1.51. The molecule has 2 rings (SSSR count). The largest absolute Gasteiger partial charge is 0.375 e. The Balaban J connectivity index is 2.25. The molecule has 0 saturated carbocycles. The molecule has 1 unspecified atom stereocenters. The van der Waals surface area contributed by atoms with Crippen molar-refractivity contribution in [1.82, 2.24) is 9.97 Å². The molecule has 16 heavy (non-hydrogen) atoms. The topological polar surface area (TPSA) is 50.3 Å². The molecule has 0 bridgehead atoms. The van der Waals surface area contributed by atoms with Gasteiger partial charge in [-0.15, -0.1) is 0 Å². The number of hydrogen-bond acceptors (Lipinski definition) is 5. The van der Waals surface area contributed by atoms with Crippen LogP contribution < -0.4 is 10.2 Å². The Bertz CT molecular complexity index is 374. The van der Waals surface area contributed by atoms with E-state index in [-0.39, 0.29) is 6.10 Å². The maximum atomic E-state index is 5.51. The van der Waals surface area contributed by atoms with E-state index in [2.05, 4.69) is 43.0 Å². The van der Waals surface area contributed by atoms with E-state index < -0.39 is 0 Å². The molecular formula is C10H15BrN4O. The number of nitrogens with one attached hydrogen (secondary N) is 1. The molecule has 6 heteroatoms. The Hall–Kier alpha value is -0.880. The van der Waals surface area contributed by atoms with Crippen molar-refractivity contribution in [2.45, 2.75) is 13.0 Å². The van der Waals surface area contributed by atoms with Gasteiger partial charge in [0.15, 0.2) is 0 Å². The van der Waals surface area contributed by atoms with Crippen molar-refractivity contribution >= 4 is 27.6 Å². The summed E-state index contributed by atoms with van der Waals surface area (Å²) >= 11 is 3.53. The molecule has 1 aliphatic rings. The minimum absolute atomic E-state index is 0.244. The fourth-order valence-electron chi connectivity index (χ4n) is 1.77. The van der Waals surface area contributed by atoms with Crippen LogP contribution in [-0.2, 0) is 4.74 Å². The maximum Gasteiger partial charge on any atom is 0.148 e. The fraction of sp³-hybridized carbons (Fsp3) is 0.600. The molecule has 1 fully saturated rings. The summed E-state index contributed by atoms with van der Waals surface area (Å²) in [6.07, 6.45) is 1.82. The van der Waals surface area contributed by atoms with Gasteiger partial charge in [0.2, 0.25) is 0 Å². The summed E-state index contributed by atoms with van der Waals surface area (Å²) < 4.78 is 6.42. The Labute approximate surface area is 103 Å². The molecule has 1 aromatic rings. The van der Waals surface area contributed by atoms with Crippen molar-refractivity contribution in [2.24, 2.45) is 0 Å². The first-order chi connectivity index (χ1) is 7.72. The number of halogens is 1. The summed E-state index contributed by atoms with van der Waals surface area (Å²) in [6.45, 7) is 4.54. The monoisotopic (exact) mass is 286 g/mol. The van der Waals surface area contributed by atoms with Gasteiger partial charge < -0.3 is 15.0 Å². The lowest BCUT2D eigenvalue weighted by Crippen LogP contribution is -2.41. The van der Waals surface area contributed by atoms with Crippen LogP contribution in [0.2, 0.25) is 0 Å². The number of anilines is 2. The molecule has 1 atom stereocenters. The number of ether oxygens (including phenoxy) is 1. The van der Waals surface area contributed by atoms with E-state index in [1.54, 1.807) is 6.33 Å². The minimum Gasteiger partial charge on any atom is -0.375 e. The zero-order chi connectivity index (χ0) is 11.5. The van der Waals surface area contributed by atoms with E-state index in [0.29, 0.717) is 0 Å².